The van der Waals surface area contributed by atoms with Gasteiger partial charge in [0.25, 0.3) is 5.91 Å². The number of hydrogen-bond donors (Lipinski definition) is 1. The van der Waals surface area contributed by atoms with Gasteiger partial charge >= 0.3 is 0 Å². The molecule has 1 aromatic heterocycles. The van der Waals surface area contributed by atoms with Crippen LogP contribution in [0.2, 0.25) is 0 Å². The molecule has 1 fully saturated rings. The fourth-order valence-corrected chi connectivity index (χ4v) is 4.03. The van der Waals surface area contributed by atoms with E-state index >= 15 is 0 Å². The number of nitrogens with zero attached hydrogens (tertiary/aromatic N) is 2. The molecule has 0 spiro atoms. The number of rotatable bonds is 4. The Balaban J connectivity index is 1.72. The maximum Gasteiger partial charge on any atom is 0.272 e. The molecule has 1 saturated heterocycles. The first-order valence-electron chi connectivity index (χ1n) is 10.5. The molecule has 3 aromatic rings. The maximum absolute atomic E-state index is 13.2. The van der Waals surface area contributed by atoms with E-state index in [9.17, 15) is 9.59 Å². The Morgan fingerprint density at radius 2 is 1.87 bits per heavy atom. The van der Waals surface area contributed by atoms with Crippen LogP contribution in [0.4, 0.5) is 11.4 Å². The molecule has 1 atom stereocenters. The van der Waals surface area contributed by atoms with Crippen LogP contribution in [0.15, 0.2) is 48.5 Å². The van der Waals surface area contributed by atoms with Gasteiger partial charge in [-0.25, -0.2) is 4.98 Å². The lowest BCUT2D eigenvalue weighted by Gasteiger charge is -2.30. The van der Waals surface area contributed by atoms with E-state index in [1.165, 1.54) is 0 Å². The molecule has 1 aliphatic rings. The summed E-state index contributed by atoms with van der Waals surface area (Å²) in [6, 6.07) is 15.3. The minimum atomic E-state index is -0.0148. The fraction of sp³-hybridized carbons (Fsp3) is 0.320. The van der Waals surface area contributed by atoms with Crippen molar-refractivity contribution in [3.63, 3.8) is 0 Å². The second-order valence-corrected chi connectivity index (χ2v) is 8.33. The lowest BCUT2D eigenvalue weighted by Crippen LogP contribution is -2.39. The molecule has 154 valence electrons. The molecule has 0 aliphatic carbocycles. The van der Waals surface area contributed by atoms with Gasteiger partial charge in [0.2, 0.25) is 0 Å². The molecule has 2 aromatic carbocycles. The molecular weight excluding hydrogens is 374 g/mol. The standard InChI is InChI=1S/C25H27N3O2/c1-16-6-11-22-21(13-16)23(26-20-9-7-19(8-10-20)18(3)29)14-24(27-22)25(30)28-12-4-5-17(2)15-28/h6-11,13-14,17H,4-5,12,15H2,1-3H3,(H,26,27)/t17-/m1/s1. The van der Waals surface area contributed by atoms with Crippen LogP contribution in [0.25, 0.3) is 10.9 Å². The van der Waals surface area contributed by atoms with Crippen molar-refractivity contribution in [2.75, 3.05) is 18.4 Å². The van der Waals surface area contributed by atoms with E-state index < -0.39 is 0 Å². The van der Waals surface area contributed by atoms with Gasteiger partial charge in [-0.15, -0.1) is 0 Å². The minimum Gasteiger partial charge on any atom is -0.355 e. The van der Waals surface area contributed by atoms with Gasteiger partial charge in [0.1, 0.15) is 5.69 Å². The summed E-state index contributed by atoms with van der Waals surface area (Å²) in [5.41, 5.74) is 4.75. The van der Waals surface area contributed by atoms with Crippen molar-refractivity contribution in [3.05, 3.63) is 65.4 Å². The zero-order chi connectivity index (χ0) is 21.3. The van der Waals surface area contributed by atoms with Crippen LogP contribution in [0.5, 0.6) is 0 Å². The number of aromatic nitrogens is 1. The Morgan fingerprint density at radius 3 is 2.57 bits per heavy atom. The van der Waals surface area contributed by atoms with Crippen LogP contribution in [0, 0.1) is 12.8 Å². The summed E-state index contributed by atoms with van der Waals surface area (Å²) < 4.78 is 0. The molecular formula is C25H27N3O2. The van der Waals surface area contributed by atoms with Gasteiger partial charge in [-0.2, -0.15) is 0 Å². The predicted molar refractivity (Wildman–Crippen MR) is 121 cm³/mol. The highest BCUT2D eigenvalue weighted by molar-refractivity contribution is 6.01. The molecule has 2 heterocycles. The lowest BCUT2D eigenvalue weighted by atomic mass is 10.00. The molecule has 1 amide bonds. The highest BCUT2D eigenvalue weighted by Crippen LogP contribution is 2.29. The topological polar surface area (TPSA) is 62.3 Å². The average molecular weight is 402 g/mol. The number of pyridine rings is 1. The Bertz CT molecular complexity index is 1110. The number of anilines is 2. The van der Waals surface area contributed by atoms with Crippen LogP contribution in [0.1, 0.15) is 53.1 Å². The Kier molecular flexibility index (Phi) is 5.53. The number of amides is 1. The van der Waals surface area contributed by atoms with E-state index in [2.05, 4.69) is 23.3 Å². The van der Waals surface area contributed by atoms with E-state index in [0.29, 0.717) is 17.2 Å². The zero-order valence-electron chi connectivity index (χ0n) is 17.7. The summed E-state index contributed by atoms with van der Waals surface area (Å²) in [4.78, 5) is 31.3. The summed E-state index contributed by atoms with van der Waals surface area (Å²) in [6.45, 7) is 7.35. The minimum absolute atomic E-state index is 0.0148. The third-order valence-corrected chi connectivity index (χ3v) is 5.70. The quantitative estimate of drug-likeness (QED) is 0.598. The number of fused-ring (bicyclic) bond motifs is 1. The number of piperidine rings is 1. The number of hydrogen-bond acceptors (Lipinski definition) is 4. The lowest BCUT2D eigenvalue weighted by molar-refractivity contribution is 0.0677. The van der Waals surface area contributed by atoms with Crippen molar-refractivity contribution in [2.24, 2.45) is 5.92 Å². The van der Waals surface area contributed by atoms with Crippen LogP contribution >= 0.6 is 0 Å². The number of Topliss-reactive ketones (excluding diaryl/α,β-unsaturated/α-hetero) is 1. The number of carbonyl (C=O) groups is 2. The third-order valence-electron chi connectivity index (χ3n) is 5.70. The van der Waals surface area contributed by atoms with Crippen molar-refractivity contribution < 1.29 is 9.59 Å². The number of nitrogens with one attached hydrogen (secondary N) is 1. The summed E-state index contributed by atoms with van der Waals surface area (Å²) in [5.74, 6) is 0.539. The normalized spacial score (nSPS) is 16.5. The molecule has 30 heavy (non-hydrogen) atoms. The second kappa shape index (κ2) is 8.27. The molecule has 4 rings (SSSR count). The predicted octanol–water partition coefficient (Wildman–Crippen LogP) is 5.36. The molecule has 5 heteroatoms. The Labute approximate surface area is 177 Å². The van der Waals surface area contributed by atoms with E-state index in [1.54, 1.807) is 19.1 Å². The SMILES string of the molecule is CC(=O)c1ccc(Nc2cc(C(=O)N3CCC[C@@H](C)C3)nc3ccc(C)cc23)cc1. The molecule has 5 nitrogen and oxygen atoms in total. The van der Waals surface area contributed by atoms with Crippen LogP contribution in [-0.2, 0) is 0 Å². The van der Waals surface area contributed by atoms with Gasteiger partial charge in [-0.1, -0.05) is 18.6 Å². The van der Waals surface area contributed by atoms with Crippen LogP contribution in [-0.4, -0.2) is 34.7 Å². The number of carbonyl (C=O) groups excluding carboxylic acids is 2. The third kappa shape index (κ3) is 4.20. The smallest absolute Gasteiger partial charge is 0.272 e. The van der Waals surface area contributed by atoms with E-state index in [-0.39, 0.29) is 11.7 Å². The average Bonchev–Trinajstić information content (AvgIpc) is 2.73. The highest BCUT2D eigenvalue weighted by Gasteiger charge is 2.24. The first-order valence-corrected chi connectivity index (χ1v) is 10.5. The number of likely N-dealkylation sites (tertiary alicyclic amines) is 1. The number of aryl methyl sites for hydroxylation is 1. The van der Waals surface area contributed by atoms with Gasteiger partial charge in [0, 0.05) is 29.7 Å². The Hall–Kier alpha value is -3.21. The van der Waals surface area contributed by atoms with Gasteiger partial charge in [0.15, 0.2) is 5.78 Å². The maximum atomic E-state index is 13.2. The van der Waals surface area contributed by atoms with E-state index in [0.717, 1.165) is 53.8 Å². The highest BCUT2D eigenvalue weighted by atomic mass is 16.2. The molecule has 0 saturated carbocycles. The van der Waals surface area contributed by atoms with Crippen molar-refractivity contribution >= 4 is 34.0 Å². The van der Waals surface area contributed by atoms with Gasteiger partial charge < -0.3 is 10.2 Å². The largest absolute Gasteiger partial charge is 0.355 e. The van der Waals surface area contributed by atoms with Crippen LogP contribution in [0.3, 0.4) is 0 Å². The summed E-state index contributed by atoms with van der Waals surface area (Å²) in [7, 11) is 0. The van der Waals surface area contributed by atoms with Crippen molar-refractivity contribution in [1.82, 2.24) is 9.88 Å². The van der Waals surface area contributed by atoms with Crippen molar-refractivity contribution in [2.45, 2.75) is 33.6 Å². The molecule has 0 unspecified atom stereocenters. The van der Waals surface area contributed by atoms with E-state index in [4.69, 9.17) is 0 Å². The number of ketones is 1. The zero-order valence-corrected chi connectivity index (χ0v) is 17.7. The summed E-state index contributed by atoms with van der Waals surface area (Å²) in [6.07, 6.45) is 2.20. The molecule has 0 bridgehead atoms. The van der Waals surface area contributed by atoms with E-state index in [1.807, 2.05) is 42.2 Å². The Morgan fingerprint density at radius 1 is 1.10 bits per heavy atom. The molecule has 1 aliphatic heterocycles. The van der Waals surface area contributed by atoms with Gasteiger partial charge in [-0.05, 0) is 75.1 Å². The summed E-state index contributed by atoms with van der Waals surface area (Å²) in [5, 5.41) is 4.39. The van der Waals surface area contributed by atoms with Crippen molar-refractivity contribution in [1.29, 1.82) is 0 Å². The van der Waals surface area contributed by atoms with Gasteiger partial charge in [-0.3, -0.25) is 9.59 Å². The van der Waals surface area contributed by atoms with Crippen molar-refractivity contribution in [3.8, 4) is 0 Å². The van der Waals surface area contributed by atoms with Crippen LogP contribution < -0.4 is 5.32 Å². The first-order chi connectivity index (χ1) is 14.4. The molecule has 1 N–H and O–H groups in total. The number of benzene rings is 2. The molecule has 0 radical (unpaired) electrons. The first kappa shape index (κ1) is 20.1. The monoisotopic (exact) mass is 401 g/mol. The fourth-order valence-electron chi connectivity index (χ4n) is 4.03. The summed E-state index contributed by atoms with van der Waals surface area (Å²) >= 11 is 0. The van der Waals surface area contributed by atoms with Gasteiger partial charge in [0.05, 0.1) is 11.2 Å². The second-order valence-electron chi connectivity index (χ2n) is 8.33.